The van der Waals surface area contributed by atoms with Crippen LogP contribution in [0.3, 0.4) is 0 Å². The van der Waals surface area contributed by atoms with E-state index in [1.807, 2.05) is 29.7 Å². The zero-order valence-electron chi connectivity index (χ0n) is 11.7. The van der Waals surface area contributed by atoms with Crippen LogP contribution in [0.2, 0.25) is 0 Å². The van der Waals surface area contributed by atoms with Gasteiger partial charge in [0.25, 0.3) is 5.91 Å². The van der Waals surface area contributed by atoms with Crippen LogP contribution in [0.4, 0.5) is 4.79 Å². The summed E-state index contributed by atoms with van der Waals surface area (Å²) in [5, 5.41) is 6.74. The smallest absolute Gasteiger partial charge is 0.344 e. The SMILES string of the molecule is NNC(=O)N/N=C1\CNC(=O)C(=O)[C@H]1c1nc2ccccc2s1. The summed E-state index contributed by atoms with van der Waals surface area (Å²) in [5.74, 6) is 2.68. The van der Waals surface area contributed by atoms with Gasteiger partial charge in [-0.15, -0.1) is 11.3 Å². The normalized spacial score (nSPS) is 19.7. The van der Waals surface area contributed by atoms with Gasteiger partial charge in [-0.3, -0.25) is 15.0 Å². The van der Waals surface area contributed by atoms with Crippen LogP contribution in [0.5, 0.6) is 0 Å². The van der Waals surface area contributed by atoms with Crippen LogP contribution in [-0.2, 0) is 9.59 Å². The van der Waals surface area contributed by atoms with Crippen molar-refractivity contribution in [3.63, 3.8) is 0 Å². The number of amides is 3. The van der Waals surface area contributed by atoms with E-state index in [-0.39, 0.29) is 12.3 Å². The summed E-state index contributed by atoms with van der Waals surface area (Å²) < 4.78 is 0.897. The number of hydrazone groups is 1. The molecular weight excluding hydrogens is 320 g/mol. The number of benzene rings is 1. The zero-order valence-corrected chi connectivity index (χ0v) is 12.5. The largest absolute Gasteiger partial charge is 0.349 e. The molecule has 0 bridgehead atoms. The molecule has 0 spiro atoms. The lowest BCUT2D eigenvalue weighted by molar-refractivity contribution is -0.138. The minimum atomic E-state index is -0.917. The van der Waals surface area contributed by atoms with Gasteiger partial charge in [0.05, 0.1) is 22.5 Å². The van der Waals surface area contributed by atoms with E-state index in [2.05, 4.69) is 20.8 Å². The number of thiazole rings is 1. The highest BCUT2D eigenvalue weighted by molar-refractivity contribution is 7.19. The van der Waals surface area contributed by atoms with E-state index >= 15 is 0 Å². The number of carbonyl (C=O) groups is 3. The molecule has 0 saturated carbocycles. The van der Waals surface area contributed by atoms with Crippen LogP contribution in [0, 0.1) is 0 Å². The zero-order chi connectivity index (χ0) is 16.4. The molecule has 0 radical (unpaired) electrons. The van der Waals surface area contributed by atoms with Gasteiger partial charge in [0.1, 0.15) is 10.9 Å². The second-order valence-electron chi connectivity index (χ2n) is 4.69. The van der Waals surface area contributed by atoms with Crippen molar-refractivity contribution in [1.82, 2.24) is 21.2 Å². The van der Waals surface area contributed by atoms with Crippen molar-refractivity contribution >= 4 is 45.0 Å². The number of urea groups is 1. The number of para-hydroxylation sites is 1. The number of nitrogens with two attached hydrogens (primary N) is 1. The third kappa shape index (κ3) is 2.89. The van der Waals surface area contributed by atoms with E-state index < -0.39 is 23.6 Å². The van der Waals surface area contributed by atoms with Crippen molar-refractivity contribution < 1.29 is 14.4 Å². The molecule has 3 amide bonds. The summed E-state index contributed by atoms with van der Waals surface area (Å²) >= 11 is 1.31. The van der Waals surface area contributed by atoms with Gasteiger partial charge in [0, 0.05) is 0 Å². The van der Waals surface area contributed by atoms with E-state index in [0.717, 1.165) is 10.2 Å². The number of piperidine rings is 1. The summed E-state index contributed by atoms with van der Waals surface area (Å²) in [6.45, 7) is 0.0377. The Morgan fingerprint density at radius 2 is 2.17 bits per heavy atom. The Labute approximate surface area is 133 Å². The molecule has 1 aromatic carbocycles. The molecule has 1 aliphatic rings. The van der Waals surface area contributed by atoms with Crippen LogP contribution in [0.1, 0.15) is 10.9 Å². The molecule has 5 N–H and O–H groups in total. The van der Waals surface area contributed by atoms with Crippen molar-refractivity contribution in [3.8, 4) is 0 Å². The Kier molecular flexibility index (Phi) is 4.00. The lowest BCUT2D eigenvalue weighted by Gasteiger charge is -2.21. The van der Waals surface area contributed by atoms with Gasteiger partial charge in [-0.25, -0.2) is 21.0 Å². The maximum Gasteiger partial charge on any atom is 0.349 e. The first-order valence-corrected chi connectivity index (χ1v) is 7.42. The predicted molar refractivity (Wildman–Crippen MR) is 83.7 cm³/mol. The van der Waals surface area contributed by atoms with Gasteiger partial charge in [-0.2, -0.15) is 5.10 Å². The number of hydrogen-bond donors (Lipinski definition) is 4. The number of hydrazine groups is 1. The van der Waals surface area contributed by atoms with E-state index in [4.69, 9.17) is 5.84 Å². The van der Waals surface area contributed by atoms with Gasteiger partial charge in [0.2, 0.25) is 5.78 Å². The number of aromatic nitrogens is 1. The molecule has 1 fully saturated rings. The van der Waals surface area contributed by atoms with Crippen molar-refractivity contribution in [2.24, 2.45) is 10.9 Å². The van der Waals surface area contributed by atoms with Gasteiger partial charge in [0.15, 0.2) is 0 Å². The van der Waals surface area contributed by atoms with Crippen LogP contribution in [-0.4, -0.2) is 35.0 Å². The number of fused-ring (bicyclic) bond motifs is 1. The Hall–Kier alpha value is -2.85. The van der Waals surface area contributed by atoms with Crippen molar-refractivity contribution in [2.75, 3.05) is 6.54 Å². The average molecular weight is 332 g/mol. The highest BCUT2D eigenvalue weighted by Crippen LogP contribution is 2.30. The van der Waals surface area contributed by atoms with Crippen LogP contribution >= 0.6 is 11.3 Å². The molecular formula is C13H12N6O3S. The Balaban J connectivity index is 2.00. The average Bonchev–Trinajstić information content (AvgIpc) is 2.98. The third-order valence-corrected chi connectivity index (χ3v) is 4.34. The predicted octanol–water partition coefficient (Wildman–Crippen LogP) is -0.392. The fourth-order valence-corrected chi connectivity index (χ4v) is 3.26. The third-order valence-electron chi connectivity index (χ3n) is 3.24. The fourth-order valence-electron chi connectivity index (χ4n) is 2.17. The highest BCUT2D eigenvalue weighted by atomic mass is 32.1. The minimum absolute atomic E-state index is 0.0377. The van der Waals surface area contributed by atoms with Gasteiger partial charge >= 0.3 is 6.03 Å². The molecule has 3 rings (SSSR count). The highest BCUT2D eigenvalue weighted by Gasteiger charge is 2.38. The molecule has 118 valence electrons. The van der Waals surface area contributed by atoms with Crippen molar-refractivity contribution in [3.05, 3.63) is 29.3 Å². The molecule has 1 saturated heterocycles. The van der Waals surface area contributed by atoms with Crippen LogP contribution < -0.4 is 22.0 Å². The summed E-state index contributed by atoms with van der Waals surface area (Å²) in [6, 6.07) is 6.66. The number of hydrogen-bond acceptors (Lipinski definition) is 7. The second-order valence-corrected chi connectivity index (χ2v) is 5.75. The molecule has 2 heterocycles. The van der Waals surface area contributed by atoms with Crippen molar-refractivity contribution in [2.45, 2.75) is 5.92 Å². The molecule has 23 heavy (non-hydrogen) atoms. The maximum absolute atomic E-state index is 12.2. The van der Waals surface area contributed by atoms with Crippen molar-refractivity contribution in [1.29, 1.82) is 0 Å². The molecule has 2 aromatic rings. The molecule has 9 nitrogen and oxygen atoms in total. The van der Waals surface area contributed by atoms with E-state index in [9.17, 15) is 14.4 Å². The summed E-state index contributed by atoms with van der Waals surface area (Å²) in [6.07, 6.45) is 0. The monoisotopic (exact) mass is 332 g/mol. The lowest BCUT2D eigenvalue weighted by Crippen LogP contribution is -2.49. The van der Waals surface area contributed by atoms with Gasteiger partial charge in [-0.05, 0) is 12.1 Å². The van der Waals surface area contributed by atoms with Gasteiger partial charge in [-0.1, -0.05) is 12.1 Å². The topological polar surface area (TPSA) is 139 Å². The lowest BCUT2D eigenvalue weighted by atomic mass is 9.94. The first kappa shape index (κ1) is 15.1. The number of nitrogens with one attached hydrogen (secondary N) is 3. The van der Waals surface area contributed by atoms with Crippen LogP contribution in [0.15, 0.2) is 29.4 Å². The molecule has 1 atom stereocenters. The molecule has 1 aliphatic heterocycles. The summed E-state index contributed by atoms with van der Waals surface area (Å²) in [4.78, 5) is 39.5. The first-order chi connectivity index (χ1) is 11.1. The Morgan fingerprint density at radius 1 is 1.39 bits per heavy atom. The first-order valence-electron chi connectivity index (χ1n) is 6.60. The quantitative estimate of drug-likeness (QED) is 0.257. The number of rotatable bonds is 2. The van der Waals surface area contributed by atoms with E-state index in [1.165, 1.54) is 11.3 Å². The standard InChI is InChI=1S/C13H12N6O3S/c14-17-13(22)19-18-7-5-15-11(21)10(20)9(7)12-16-6-3-1-2-4-8(6)23-12/h1-4,9H,5,14H2,(H,15,21)(H2,17,19,22)/b18-7+/t9-/m0/s1. The number of carbonyl (C=O) groups excluding carboxylic acids is 3. The number of ketones is 1. The summed E-state index contributed by atoms with van der Waals surface area (Å²) in [5.41, 5.74) is 5.04. The van der Waals surface area contributed by atoms with E-state index in [1.54, 1.807) is 0 Å². The summed E-state index contributed by atoms with van der Waals surface area (Å²) in [7, 11) is 0. The molecule has 0 unspecified atom stereocenters. The van der Waals surface area contributed by atoms with Gasteiger partial charge < -0.3 is 5.32 Å². The van der Waals surface area contributed by atoms with Crippen LogP contribution in [0.25, 0.3) is 10.2 Å². The second kappa shape index (κ2) is 6.10. The fraction of sp³-hybridized carbons (Fsp3) is 0.154. The Bertz CT molecular complexity index is 797. The maximum atomic E-state index is 12.2. The Morgan fingerprint density at radius 3 is 2.91 bits per heavy atom. The number of Topliss-reactive ketones (excluding diaryl/α,β-unsaturated/α-hetero) is 1. The minimum Gasteiger partial charge on any atom is -0.344 e. The molecule has 10 heteroatoms. The molecule has 1 aromatic heterocycles. The molecule has 0 aliphatic carbocycles. The van der Waals surface area contributed by atoms with E-state index in [0.29, 0.717) is 5.01 Å². The number of nitrogens with zero attached hydrogens (tertiary/aromatic N) is 2.